The Morgan fingerprint density at radius 1 is 1.05 bits per heavy atom. The highest BCUT2D eigenvalue weighted by molar-refractivity contribution is 5.95. The van der Waals surface area contributed by atoms with E-state index in [-0.39, 0.29) is 5.78 Å². The number of Topliss-reactive ketones (excluding diaryl/α,β-unsaturated/α-hetero) is 1. The number of carbonyl (C=O) groups excluding carboxylic acids is 1. The average Bonchev–Trinajstić information content (AvgIpc) is 2.48. The van der Waals surface area contributed by atoms with Crippen LogP contribution in [0.25, 0.3) is 0 Å². The van der Waals surface area contributed by atoms with Crippen LogP contribution in [0, 0.1) is 0 Å². The Labute approximate surface area is 116 Å². The fraction of sp³-hybridized carbons (Fsp3) is 0.267. The van der Waals surface area contributed by atoms with E-state index in [1.807, 2.05) is 18.2 Å². The highest BCUT2D eigenvalue weighted by atomic mass is 16.2. The summed E-state index contributed by atoms with van der Waals surface area (Å²) in [4.78, 5) is 35.0. The number of ketones is 1. The van der Waals surface area contributed by atoms with Gasteiger partial charge in [0.15, 0.2) is 5.78 Å². The molecular weight excluding hydrogens is 256 g/mol. The largest absolute Gasteiger partial charge is 0.316 e. The molecule has 0 atom stereocenters. The minimum absolute atomic E-state index is 0.0440. The molecule has 2 aromatic rings. The molecule has 5 nitrogen and oxygen atoms in total. The Hall–Kier alpha value is -2.43. The third kappa shape index (κ3) is 3.12. The highest BCUT2D eigenvalue weighted by Crippen LogP contribution is 2.05. The van der Waals surface area contributed by atoms with Crippen LogP contribution in [0.3, 0.4) is 0 Å². The third-order valence-corrected chi connectivity index (χ3v) is 3.13. The smallest absolute Gasteiger partial charge is 0.312 e. The minimum atomic E-state index is -0.554. The molecule has 0 fully saturated rings. The lowest BCUT2D eigenvalue weighted by atomic mass is 10.1. The van der Waals surface area contributed by atoms with Crippen molar-refractivity contribution in [2.24, 2.45) is 7.05 Å². The number of benzene rings is 1. The van der Waals surface area contributed by atoms with Gasteiger partial charge in [-0.25, -0.2) is 0 Å². The van der Waals surface area contributed by atoms with E-state index in [2.05, 4.69) is 0 Å². The van der Waals surface area contributed by atoms with Gasteiger partial charge in [-0.2, -0.15) is 0 Å². The van der Waals surface area contributed by atoms with Crippen molar-refractivity contribution < 1.29 is 4.79 Å². The van der Waals surface area contributed by atoms with Crippen LogP contribution in [0.2, 0.25) is 0 Å². The Balaban J connectivity index is 1.97. The van der Waals surface area contributed by atoms with Crippen molar-refractivity contribution in [3.05, 3.63) is 69.0 Å². The number of hydrogen-bond donors (Lipinski definition) is 0. The van der Waals surface area contributed by atoms with Crippen molar-refractivity contribution in [1.82, 2.24) is 9.13 Å². The van der Waals surface area contributed by atoms with E-state index < -0.39 is 11.1 Å². The molecule has 0 saturated heterocycles. The van der Waals surface area contributed by atoms with Gasteiger partial charge in [-0.05, 0) is 6.42 Å². The van der Waals surface area contributed by atoms with Crippen molar-refractivity contribution in [3.63, 3.8) is 0 Å². The normalized spacial score (nSPS) is 10.4. The van der Waals surface area contributed by atoms with E-state index in [4.69, 9.17) is 0 Å². The molecule has 0 spiro atoms. The molecule has 0 aliphatic heterocycles. The van der Waals surface area contributed by atoms with E-state index in [0.29, 0.717) is 24.9 Å². The monoisotopic (exact) mass is 272 g/mol. The molecule has 0 unspecified atom stereocenters. The Bertz CT molecular complexity index is 714. The fourth-order valence-corrected chi connectivity index (χ4v) is 1.94. The van der Waals surface area contributed by atoms with Crippen molar-refractivity contribution in [1.29, 1.82) is 0 Å². The zero-order valence-electron chi connectivity index (χ0n) is 11.3. The van der Waals surface area contributed by atoms with Gasteiger partial charge in [0, 0.05) is 38.0 Å². The predicted molar refractivity (Wildman–Crippen MR) is 75.9 cm³/mol. The first kappa shape index (κ1) is 14.0. The summed E-state index contributed by atoms with van der Waals surface area (Å²) in [6.45, 7) is 0.369. The molecule has 1 aromatic heterocycles. The first-order valence-electron chi connectivity index (χ1n) is 6.44. The molecule has 0 N–H and O–H groups in total. The molecule has 1 heterocycles. The number of carbonyl (C=O) groups is 1. The lowest BCUT2D eigenvalue weighted by Crippen LogP contribution is -2.39. The maximum atomic E-state index is 11.9. The minimum Gasteiger partial charge on any atom is -0.312 e. The predicted octanol–water partition coefficient (Wildman–Crippen LogP) is 1.21. The Morgan fingerprint density at radius 2 is 1.75 bits per heavy atom. The van der Waals surface area contributed by atoms with Gasteiger partial charge in [0.2, 0.25) is 0 Å². The van der Waals surface area contributed by atoms with Gasteiger partial charge in [-0.3, -0.25) is 14.4 Å². The molecular formula is C15H16N2O3. The summed E-state index contributed by atoms with van der Waals surface area (Å²) in [6.07, 6.45) is 3.99. The molecule has 0 radical (unpaired) electrons. The highest BCUT2D eigenvalue weighted by Gasteiger charge is 2.06. The second kappa shape index (κ2) is 6.14. The van der Waals surface area contributed by atoms with Crippen LogP contribution < -0.4 is 11.1 Å². The quantitative estimate of drug-likeness (QED) is 0.607. The van der Waals surface area contributed by atoms with Gasteiger partial charge in [-0.15, -0.1) is 0 Å². The van der Waals surface area contributed by atoms with E-state index in [1.54, 1.807) is 24.5 Å². The van der Waals surface area contributed by atoms with Gasteiger partial charge >= 0.3 is 11.1 Å². The zero-order valence-corrected chi connectivity index (χ0v) is 11.3. The van der Waals surface area contributed by atoms with Gasteiger partial charge < -0.3 is 9.13 Å². The second-order valence-electron chi connectivity index (χ2n) is 4.61. The van der Waals surface area contributed by atoms with E-state index in [9.17, 15) is 14.4 Å². The topological polar surface area (TPSA) is 61.1 Å². The maximum Gasteiger partial charge on any atom is 0.316 e. The third-order valence-electron chi connectivity index (χ3n) is 3.13. The maximum absolute atomic E-state index is 11.9. The number of aryl methyl sites for hydroxylation is 2. The summed E-state index contributed by atoms with van der Waals surface area (Å²) in [5, 5.41) is 0. The standard InChI is InChI=1S/C15H16N2O3/c1-16-10-11-17(15(20)14(16)19)9-5-8-13(18)12-6-3-2-4-7-12/h2-4,6-7,10-11H,5,8-9H2,1H3. The van der Waals surface area contributed by atoms with Crippen LogP contribution >= 0.6 is 0 Å². The van der Waals surface area contributed by atoms with Crippen molar-refractivity contribution >= 4 is 5.78 Å². The molecule has 0 bridgehead atoms. The van der Waals surface area contributed by atoms with E-state index >= 15 is 0 Å². The van der Waals surface area contributed by atoms with Crippen LogP contribution in [0.5, 0.6) is 0 Å². The van der Waals surface area contributed by atoms with Crippen LogP contribution in [0.15, 0.2) is 52.3 Å². The van der Waals surface area contributed by atoms with Crippen molar-refractivity contribution in [3.8, 4) is 0 Å². The number of aromatic nitrogens is 2. The first-order valence-corrected chi connectivity index (χ1v) is 6.44. The number of hydrogen-bond acceptors (Lipinski definition) is 3. The summed E-state index contributed by atoms with van der Waals surface area (Å²) in [5.74, 6) is 0.0440. The first-order chi connectivity index (χ1) is 9.59. The second-order valence-corrected chi connectivity index (χ2v) is 4.61. The molecule has 20 heavy (non-hydrogen) atoms. The Morgan fingerprint density at radius 3 is 2.45 bits per heavy atom. The van der Waals surface area contributed by atoms with E-state index in [0.717, 1.165) is 0 Å². The molecule has 0 aliphatic rings. The van der Waals surface area contributed by atoms with Crippen molar-refractivity contribution in [2.75, 3.05) is 0 Å². The summed E-state index contributed by atoms with van der Waals surface area (Å²) in [7, 11) is 1.53. The summed E-state index contributed by atoms with van der Waals surface area (Å²) in [6, 6.07) is 9.03. The van der Waals surface area contributed by atoms with Crippen LogP contribution in [-0.4, -0.2) is 14.9 Å². The fourth-order valence-electron chi connectivity index (χ4n) is 1.94. The molecule has 104 valence electrons. The van der Waals surface area contributed by atoms with E-state index in [1.165, 1.54) is 16.2 Å². The molecule has 1 aromatic carbocycles. The Kier molecular flexibility index (Phi) is 4.30. The zero-order chi connectivity index (χ0) is 14.5. The summed E-state index contributed by atoms with van der Waals surface area (Å²) < 4.78 is 2.59. The molecule has 0 saturated carbocycles. The molecule has 0 aliphatic carbocycles. The SMILES string of the molecule is Cn1ccn(CCCC(=O)c2ccccc2)c(=O)c1=O. The van der Waals surface area contributed by atoms with Crippen LogP contribution in [-0.2, 0) is 13.6 Å². The molecule has 2 rings (SSSR count). The lowest BCUT2D eigenvalue weighted by molar-refractivity contribution is 0.0978. The number of nitrogens with zero attached hydrogens (tertiary/aromatic N) is 2. The number of rotatable bonds is 5. The van der Waals surface area contributed by atoms with Gasteiger partial charge in [-0.1, -0.05) is 30.3 Å². The average molecular weight is 272 g/mol. The summed E-state index contributed by atoms with van der Waals surface area (Å²) in [5.41, 5.74) is -0.437. The lowest BCUT2D eigenvalue weighted by Gasteiger charge is -2.05. The van der Waals surface area contributed by atoms with Crippen LogP contribution in [0.1, 0.15) is 23.2 Å². The van der Waals surface area contributed by atoms with Crippen LogP contribution in [0.4, 0.5) is 0 Å². The molecule has 0 amide bonds. The van der Waals surface area contributed by atoms with Gasteiger partial charge in [0.25, 0.3) is 0 Å². The van der Waals surface area contributed by atoms with Crippen molar-refractivity contribution in [2.45, 2.75) is 19.4 Å². The summed E-state index contributed by atoms with van der Waals surface area (Å²) >= 11 is 0. The van der Waals surface area contributed by atoms with Gasteiger partial charge in [0.05, 0.1) is 0 Å². The molecule has 5 heteroatoms. The van der Waals surface area contributed by atoms with Gasteiger partial charge in [0.1, 0.15) is 0 Å².